The first kappa shape index (κ1) is 14.8. The van der Waals surface area contributed by atoms with Crippen LogP contribution in [0.5, 0.6) is 5.75 Å². The maximum atomic E-state index is 11.1. The van der Waals surface area contributed by atoms with E-state index in [-0.39, 0.29) is 0 Å². The van der Waals surface area contributed by atoms with Crippen LogP contribution >= 0.6 is 35.0 Å². The first-order valence-electron chi connectivity index (χ1n) is 6.49. The van der Waals surface area contributed by atoms with E-state index in [0.29, 0.717) is 39.5 Å². The quantitative estimate of drug-likeness (QED) is 0.741. The fourth-order valence-electron chi connectivity index (χ4n) is 2.34. The van der Waals surface area contributed by atoms with Crippen LogP contribution in [0.4, 0.5) is 0 Å². The molecule has 0 amide bonds. The Kier molecular flexibility index (Phi) is 4.43. The molecule has 3 rings (SSSR count). The second-order valence-electron chi connectivity index (χ2n) is 4.79. The van der Waals surface area contributed by atoms with Gasteiger partial charge in [0.05, 0.1) is 10.6 Å². The predicted molar refractivity (Wildman–Crippen MR) is 87.1 cm³/mol. The van der Waals surface area contributed by atoms with Crippen molar-refractivity contribution in [3.05, 3.63) is 57.6 Å². The van der Waals surface area contributed by atoms with E-state index < -0.39 is 0 Å². The van der Waals surface area contributed by atoms with Crippen LogP contribution in [-0.4, -0.2) is 18.1 Å². The zero-order valence-corrected chi connectivity index (χ0v) is 13.3. The van der Waals surface area contributed by atoms with E-state index in [9.17, 15) is 4.79 Å². The zero-order valence-electron chi connectivity index (χ0n) is 11.0. The first-order valence-corrected chi connectivity index (χ1v) is 8.12. The fraction of sp³-hybridized carbons (Fsp3) is 0.188. The van der Waals surface area contributed by atoms with Gasteiger partial charge in [-0.1, -0.05) is 41.4 Å². The van der Waals surface area contributed by atoms with E-state index in [1.807, 2.05) is 12.1 Å². The second-order valence-corrected chi connectivity index (χ2v) is 6.97. The van der Waals surface area contributed by atoms with E-state index in [4.69, 9.17) is 27.9 Å². The summed E-state index contributed by atoms with van der Waals surface area (Å²) in [7, 11) is 0. The molecule has 5 heteroatoms. The average Bonchev–Trinajstić information content (AvgIpc) is 2.88. The van der Waals surface area contributed by atoms with Crippen molar-refractivity contribution in [3.63, 3.8) is 0 Å². The third-order valence-electron chi connectivity index (χ3n) is 3.29. The number of fused-ring (bicyclic) bond motifs is 1. The lowest BCUT2D eigenvalue weighted by Gasteiger charge is -2.14. The second kappa shape index (κ2) is 6.30. The van der Waals surface area contributed by atoms with Crippen molar-refractivity contribution >= 4 is 41.2 Å². The van der Waals surface area contributed by atoms with Gasteiger partial charge in [-0.15, -0.1) is 11.8 Å². The maximum Gasteiger partial charge on any atom is 0.153 e. The maximum absolute atomic E-state index is 11.1. The summed E-state index contributed by atoms with van der Waals surface area (Å²) in [6.07, 6.45) is 1.67. The monoisotopic (exact) mass is 338 g/mol. The molecule has 1 unspecified atom stereocenters. The van der Waals surface area contributed by atoms with Gasteiger partial charge in [-0.3, -0.25) is 4.79 Å². The minimum Gasteiger partial charge on any atom is -0.490 e. The lowest BCUT2D eigenvalue weighted by Crippen LogP contribution is -2.14. The van der Waals surface area contributed by atoms with Gasteiger partial charge in [0.25, 0.3) is 0 Å². The Labute approximate surface area is 137 Å². The van der Waals surface area contributed by atoms with E-state index in [2.05, 4.69) is 12.1 Å². The topological polar surface area (TPSA) is 26.3 Å². The summed E-state index contributed by atoms with van der Waals surface area (Å²) in [5.74, 6) is 0.410. The Balaban J connectivity index is 1.71. The number of halogens is 2. The van der Waals surface area contributed by atoms with Crippen LogP contribution in [0.2, 0.25) is 10.0 Å². The lowest BCUT2D eigenvalue weighted by atomic mass is 10.1. The molecule has 1 aliphatic heterocycles. The van der Waals surface area contributed by atoms with Crippen molar-refractivity contribution in [2.45, 2.75) is 16.6 Å². The zero-order chi connectivity index (χ0) is 14.8. The highest BCUT2D eigenvalue weighted by atomic mass is 35.5. The summed E-state index contributed by atoms with van der Waals surface area (Å²) in [6.45, 7) is 0.502. The molecule has 0 saturated heterocycles. The van der Waals surface area contributed by atoms with Gasteiger partial charge in [0.1, 0.15) is 12.4 Å². The van der Waals surface area contributed by atoms with Crippen molar-refractivity contribution in [2.75, 3.05) is 6.61 Å². The molecular formula is C16H12Cl2O2S. The molecule has 0 aliphatic carbocycles. The van der Waals surface area contributed by atoms with Crippen LogP contribution < -0.4 is 4.74 Å². The van der Waals surface area contributed by atoms with Crippen LogP contribution in [0, 0.1) is 0 Å². The van der Waals surface area contributed by atoms with Gasteiger partial charge in [0.2, 0.25) is 0 Å². The van der Waals surface area contributed by atoms with E-state index in [0.717, 1.165) is 6.42 Å². The molecule has 1 atom stereocenters. The van der Waals surface area contributed by atoms with Crippen molar-refractivity contribution in [1.29, 1.82) is 0 Å². The molecule has 108 valence electrons. The molecule has 0 radical (unpaired) electrons. The molecule has 2 aromatic rings. The highest BCUT2D eigenvalue weighted by Crippen LogP contribution is 2.38. The number of thioether (sulfide) groups is 1. The molecule has 0 spiro atoms. The van der Waals surface area contributed by atoms with Crippen molar-refractivity contribution in [2.24, 2.45) is 0 Å². The fourth-order valence-corrected chi connectivity index (χ4v) is 4.12. The summed E-state index contributed by atoms with van der Waals surface area (Å²) in [6, 6.07) is 11.5. The molecule has 2 aromatic carbocycles. The Morgan fingerprint density at radius 2 is 2.10 bits per heavy atom. The molecule has 2 nitrogen and oxygen atoms in total. The normalized spacial score (nSPS) is 16.6. The first-order chi connectivity index (χ1) is 10.2. The van der Waals surface area contributed by atoms with Gasteiger partial charge in [-0.25, -0.2) is 0 Å². The summed E-state index contributed by atoms with van der Waals surface area (Å²) in [4.78, 5) is 12.4. The Hall–Kier alpha value is -1.16. The number of hydrogen-bond donors (Lipinski definition) is 0. The van der Waals surface area contributed by atoms with E-state index >= 15 is 0 Å². The van der Waals surface area contributed by atoms with Crippen LogP contribution in [0.25, 0.3) is 0 Å². The predicted octanol–water partition coefficient (Wildman–Crippen LogP) is 4.90. The van der Waals surface area contributed by atoms with Crippen molar-refractivity contribution in [3.8, 4) is 5.75 Å². The standard InChI is InChI=1S/C16H12Cl2O2S/c17-12-5-11(8-19)16(14(18)7-12)20-9-13-6-10-3-1-2-4-15(10)21-13/h1-5,7-8,13H,6,9H2. The average molecular weight is 339 g/mol. The van der Waals surface area contributed by atoms with E-state index in [1.54, 1.807) is 23.9 Å². The van der Waals surface area contributed by atoms with Crippen LogP contribution in [0.3, 0.4) is 0 Å². The summed E-state index contributed by atoms with van der Waals surface area (Å²) >= 11 is 13.8. The van der Waals surface area contributed by atoms with E-state index in [1.165, 1.54) is 10.5 Å². The van der Waals surface area contributed by atoms with Gasteiger partial charge in [0.15, 0.2) is 6.29 Å². The van der Waals surface area contributed by atoms with Gasteiger partial charge < -0.3 is 4.74 Å². The molecule has 21 heavy (non-hydrogen) atoms. The SMILES string of the molecule is O=Cc1cc(Cl)cc(Cl)c1OCC1Cc2ccccc2S1. The minimum absolute atomic E-state index is 0.327. The molecule has 0 aromatic heterocycles. The lowest BCUT2D eigenvalue weighted by molar-refractivity contribution is 0.111. The molecule has 1 heterocycles. The Morgan fingerprint density at radius 1 is 1.29 bits per heavy atom. The molecule has 0 N–H and O–H groups in total. The van der Waals surface area contributed by atoms with Gasteiger partial charge in [-0.05, 0) is 30.2 Å². The number of ether oxygens (including phenoxy) is 1. The van der Waals surface area contributed by atoms with Crippen molar-refractivity contribution < 1.29 is 9.53 Å². The highest BCUT2D eigenvalue weighted by molar-refractivity contribution is 8.00. The largest absolute Gasteiger partial charge is 0.490 e. The minimum atomic E-state index is 0.327. The molecule has 0 fully saturated rings. The number of rotatable bonds is 4. The Morgan fingerprint density at radius 3 is 2.86 bits per heavy atom. The molecular weight excluding hydrogens is 327 g/mol. The summed E-state index contributed by atoms with van der Waals surface area (Å²) in [5, 5.41) is 1.12. The van der Waals surface area contributed by atoms with Gasteiger partial charge in [0, 0.05) is 15.2 Å². The molecule has 0 bridgehead atoms. The number of carbonyl (C=O) groups is 1. The molecule has 0 saturated carbocycles. The van der Waals surface area contributed by atoms with Gasteiger partial charge >= 0.3 is 0 Å². The number of aldehydes is 1. The number of carbonyl (C=O) groups excluding carboxylic acids is 1. The number of benzene rings is 2. The summed E-state index contributed by atoms with van der Waals surface area (Å²) < 4.78 is 5.79. The van der Waals surface area contributed by atoms with Crippen molar-refractivity contribution in [1.82, 2.24) is 0 Å². The van der Waals surface area contributed by atoms with Crippen LogP contribution in [0.1, 0.15) is 15.9 Å². The van der Waals surface area contributed by atoms with Gasteiger partial charge in [-0.2, -0.15) is 0 Å². The van der Waals surface area contributed by atoms with Crippen LogP contribution in [0.15, 0.2) is 41.3 Å². The molecule has 1 aliphatic rings. The smallest absolute Gasteiger partial charge is 0.153 e. The third kappa shape index (κ3) is 3.20. The number of hydrogen-bond acceptors (Lipinski definition) is 3. The summed E-state index contributed by atoms with van der Waals surface area (Å²) in [5.41, 5.74) is 1.72. The Bertz CT molecular complexity index is 663. The van der Waals surface area contributed by atoms with Crippen LogP contribution in [-0.2, 0) is 6.42 Å². The third-order valence-corrected chi connectivity index (χ3v) is 5.08. The highest BCUT2D eigenvalue weighted by Gasteiger charge is 2.23.